The standard InChI is InChI=1S/C11H14O4S/c1-11(9(12)13,10(14)15-2)6-5-8-4-3-7-16-8/h3-4,7H,5-6H2,1-2H3,(H,12,13). The fourth-order valence-electron chi connectivity index (χ4n) is 1.35. The van der Waals surface area contributed by atoms with Gasteiger partial charge in [0.2, 0.25) is 0 Å². The minimum absolute atomic E-state index is 0.246. The van der Waals surface area contributed by atoms with Crippen LogP contribution in [0.3, 0.4) is 0 Å². The molecule has 1 unspecified atom stereocenters. The van der Waals surface area contributed by atoms with Gasteiger partial charge in [0, 0.05) is 4.88 Å². The second kappa shape index (κ2) is 5.12. The van der Waals surface area contributed by atoms with Gasteiger partial charge in [-0.3, -0.25) is 9.59 Å². The third-order valence-corrected chi connectivity index (χ3v) is 3.50. The molecule has 5 heteroatoms. The molecule has 0 fully saturated rings. The molecule has 0 radical (unpaired) electrons. The average Bonchev–Trinajstić information content (AvgIpc) is 2.77. The van der Waals surface area contributed by atoms with E-state index in [0.29, 0.717) is 6.42 Å². The van der Waals surface area contributed by atoms with Crippen LogP contribution in [0.2, 0.25) is 0 Å². The summed E-state index contributed by atoms with van der Waals surface area (Å²) in [4.78, 5) is 23.6. The Kier molecular flexibility index (Phi) is 4.06. The number of aliphatic carboxylic acids is 1. The molecule has 0 saturated carbocycles. The van der Waals surface area contributed by atoms with Gasteiger partial charge in [0.1, 0.15) is 0 Å². The molecule has 1 atom stereocenters. The van der Waals surface area contributed by atoms with E-state index in [4.69, 9.17) is 5.11 Å². The number of thiophene rings is 1. The van der Waals surface area contributed by atoms with Gasteiger partial charge in [-0.1, -0.05) is 6.07 Å². The highest BCUT2D eigenvalue weighted by Crippen LogP contribution is 2.27. The number of esters is 1. The molecule has 0 aliphatic heterocycles. The molecular weight excluding hydrogens is 228 g/mol. The molecule has 0 aliphatic carbocycles. The summed E-state index contributed by atoms with van der Waals surface area (Å²) in [5.41, 5.74) is -1.46. The number of carbonyl (C=O) groups excluding carboxylic acids is 1. The van der Waals surface area contributed by atoms with Gasteiger partial charge in [-0.25, -0.2) is 0 Å². The Morgan fingerprint density at radius 3 is 2.69 bits per heavy atom. The molecule has 0 bridgehead atoms. The van der Waals surface area contributed by atoms with Crippen LogP contribution in [0, 0.1) is 5.41 Å². The first-order valence-electron chi connectivity index (χ1n) is 4.85. The summed E-state index contributed by atoms with van der Waals surface area (Å²) in [5.74, 6) is -1.84. The summed E-state index contributed by atoms with van der Waals surface area (Å²) in [6.45, 7) is 1.40. The van der Waals surface area contributed by atoms with E-state index >= 15 is 0 Å². The summed E-state index contributed by atoms with van der Waals surface area (Å²) in [5, 5.41) is 11.0. The van der Waals surface area contributed by atoms with Crippen molar-refractivity contribution >= 4 is 23.3 Å². The number of methoxy groups -OCH3 is 1. The summed E-state index contributed by atoms with van der Waals surface area (Å²) in [6, 6.07) is 3.82. The molecule has 0 amide bonds. The summed E-state index contributed by atoms with van der Waals surface area (Å²) < 4.78 is 4.53. The van der Waals surface area contributed by atoms with Crippen molar-refractivity contribution in [2.45, 2.75) is 19.8 Å². The van der Waals surface area contributed by atoms with E-state index in [1.165, 1.54) is 14.0 Å². The van der Waals surface area contributed by atoms with Gasteiger partial charge >= 0.3 is 11.9 Å². The molecule has 0 spiro atoms. The van der Waals surface area contributed by atoms with E-state index in [2.05, 4.69) is 4.74 Å². The zero-order valence-corrected chi connectivity index (χ0v) is 10.0. The lowest BCUT2D eigenvalue weighted by Gasteiger charge is -2.21. The largest absolute Gasteiger partial charge is 0.480 e. The van der Waals surface area contributed by atoms with Crippen molar-refractivity contribution < 1.29 is 19.4 Å². The number of rotatable bonds is 5. The molecular formula is C11H14O4S. The third kappa shape index (κ3) is 2.61. The van der Waals surface area contributed by atoms with E-state index in [9.17, 15) is 9.59 Å². The Morgan fingerprint density at radius 2 is 2.25 bits per heavy atom. The molecule has 1 aromatic rings. The molecule has 88 valence electrons. The summed E-state index contributed by atoms with van der Waals surface area (Å²) in [6.07, 6.45) is 0.811. The molecule has 0 saturated heterocycles. The Balaban J connectivity index is 2.72. The van der Waals surface area contributed by atoms with Gasteiger partial charge in [-0.05, 0) is 31.2 Å². The second-order valence-corrected chi connectivity index (χ2v) is 4.74. The highest BCUT2D eigenvalue weighted by molar-refractivity contribution is 7.09. The van der Waals surface area contributed by atoms with Crippen molar-refractivity contribution in [3.8, 4) is 0 Å². The van der Waals surface area contributed by atoms with Crippen LogP contribution >= 0.6 is 11.3 Å². The van der Waals surface area contributed by atoms with Crippen LogP contribution in [-0.2, 0) is 20.7 Å². The highest BCUT2D eigenvalue weighted by Gasteiger charge is 2.42. The van der Waals surface area contributed by atoms with E-state index in [1.54, 1.807) is 11.3 Å². The SMILES string of the molecule is COC(=O)C(C)(CCc1cccs1)C(=O)O. The predicted octanol–water partition coefficient (Wildman–Crippen LogP) is 1.94. The maximum Gasteiger partial charge on any atom is 0.322 e. The van der Waals surface area contributed by atoms with E-state index in [-0.39, 0.29) is 6.42 Å². The Morgan fingerprint density at radius 1 is 1.56 bits per heavy atom. The summed E-state index contributed by atoms with van der Waals surface area (Å²) >= 11 is 1.55. The minimum atomic E-state index is -1.46. The first kappa shape index (κ1) is 12.7. The number of carboxylic acid groups (broad SMARTS) is 1. The second-order valence-electron chi connectivity index (χ2n) is 3.71. The van der Waals surface area contributed by atoms with Crippen molar-refractivity contribution in [3.05, 3.63) is 22.4 Å². The van der Waals surface area contributed by atoms with Crippen molar-refractivity contribution in [3.63, 3.8) is 0 Å². The zero-order valence-electron chi connectivity index (χ0n) is 9.23. The first-order chi connectivity index (χ1) is 7.50. The molecule has 1 heterocycles. The van der Waals surface area contributed by atoms with Gasteiger partial charge in [-0.15, -0.1) is 11.3 Å². The number of hydrogen-bond acceptors (Lipinski definition) is 4. The van der Waals surface area contributed by atoms with Crippen LogP contribution in [0.15, 0.2) is 17.5 Å². The summed E-state index contributed by atoms with van der Waals surface area (Å²) in [7, 11) is 1.20. The lowest BCUT2D eigenvalue weighted by Crippen LogP contribution is -2.37. The Labute approximate surface area is 97.9 Å². The van der Waals surface area contributed by atoms with Crippen LogP contribution in [0.25, 0.3) is 0 Å². The molecule has 0 aliphatic rings. The smallest absolute Gasteiger partial charge is 0.322 e. The molecule has 16 heavy (non-hydrogen) atoms. The van der Waals surface area contributed by atoms with E-state index < -0.39 is 17.4 Å². The predicted molar refractivity (Wildman–Crippen MR) is 60.4 cm³/mol. The van der Waals surface area contributed by atoms with Crippen LogP contribution in [0.5, 0.6) is 0 Å². The van der Waals surface area contributed by atoms with Gasteiger partial charge in [0.25, 0.3) is 0 Å². The Bertz CT molecular complexity index is 371. The quantitative estimate of drug-likeness (QED) is 0.633. The fraction of sp³-hybridized carbons (Fsp3) is 0.455. The highest BCUT2D eigenvalue weighted by atomic mass is 32.1. The number of carboxylic acids is 1. The maximum absolute atomic E-state index is 11.4. The van der Waals surface area contributed by atoms with Crippen LogP contribution in [-0.4, -0.2) is 24.2 Å². The maximum atomic E-state index is 11.4. The monoisotopic (exact) mass is 242 g/mol. The van der Waals surface area contributed by atoms with Crippen LogP contribution in [0.1, 0.15) is 18.2 Å². The first-order valence-corrected chi connectivity index (χ1v) is 5.73. The Hall–Kier alpha value is -1.36. The number of aryl methyl sites for hydroxylation is 1. The van der Waals surface area contributed by atoms with Crippen molar-refractivity contribution in [1.29, 1.82) is 0 Å². The third-order valence-electron chi connectivity index (χ3n) is 2.56. The molecule has 1 N–H and O–H groups in total. The number of hydrogen-bond donors (Lipinski definition) is 1. The van der Waals surface area contributed by atoms with E-state index in [1.807, 2.05) is 17.5 Å². The fourth-order valence-corrected chi connectivity index (χ4v) is 2.06. The van der Waals surface area contributed by atoms with Crippen molar-refractivity contribution in [2.24, 2.45) is 5.41 Å². The van der Waals surface area contributed by atoms with Gasteiger partial charge in [-0.2, -0.15) is 0 Å². The minimum Gasteiger partial charge on any atom is -0.480 e. The number of ether oxygens (including phenoxy) is 1. The lowest BCUT2D eigenvalue weighted by molar-refractivity contribution is -0.166. The van der Waals surface area contributed by atoms with Gasteiger partial charge < -0.3 is 9.84 Å². The molecule has 1 rings (SSSR count). The normalized spacial score (nSPS) is 14.1. The zero-order chi connectivity index (χ0) is 12.2. The van der Waals surface area contributed by atoms with Crippen LogP contribution < -0.4 is 0 Å². The average molecular weight is 242 g/mol. The topological polar surface area (TPSA) is 63.6 Å². The lowest BCUT2D eigenvalue weighted by atomic mass is 9.85. The van der Waals surface area contributed by atoms with Gasteiger partial charge in [0.05, 0.1) is 7.11 Å². The van der Waals surface area contributed by atoms with E-state index in [0.717, 1.165) is 4.88 Å². The van der Waals surface area contributed by atoms with Crippen LogP contribution in [0.4, 0.5) is 0 Å². The van der Waals surface area contributed by atoms with Crippen molar-refractivity contribution in [2.75, 3.05) is 7.11 Å². The molecule has 4 nitrogen and oxygen atoms in total. The number of carbonyl (C=O) groups is 2. The molecule has 0 aromatic carbocycles. The molecule has 1 aromatic heterocycles. The van der Waals surface area contributed by atoms with Crippen molar-refractivity contribution in [1.82, 2.24) is 0 Å². The van der Waals surface area contributed by atoms with Gasteiger partial charge in [0.15, 0.2) is 5.41 Å².